The maximum absolute atomic E-state index is 14.0. The molecule has 8 aromatic heterocycles. The van der Waals surface area contributed by atoms with Crippen LogP contribution in [0.5, 0.6) is 23.3 Å². The number of benzene rings is 4. The van der Waals surface area contributed by atoms with Gasteiger partial charge < -0.3 is 62.2 Å². The fourth-order valence-corrected chi connectivity index (χ4v) is 16.2. The predicted octanol–water partition coefficient (Wildman–Crippen LogP) is 19.3. The molecule has 38 heteroatoms. The summed E-state index contributed by atoms with van der Waals surface area (Å²) < 4.78 is 90.7. The normalized spacial score (nSPS) is 15.3. The smallest absolute Gasteiger partial charge is 0.258 e. The van der Waals surface area contributed by atoms with Gasteiger partial charge >= 0.3 is 0 Å². The second-order valence-corrected chi connectivity index (χ2v) is 32.3. The Labute approximate surface area is 730 Å². The van der Waals surface area contributed by atoms with Crippen LogP contribution >= 0.6 is 92.8 Å². The van der Waals surface area contributed by atoms with Crippen LogP contribution in [0, 0.1) is 23.3 Å². The summed E-state index contributed by atoms with van der Waals surface area (Å²) in [7, 11) is 0. The largest absolute Gasteiger partial charge is 0.482 e. The van der Waals surface area contributed by atoms with Gasteiger partial charge in [-0.15, -0.1) is 0 Å². The van der Waals surface area contributed by atoms with Crippen LogP contribution in [0.15, 0.2) is 135 Å². The average molecular weight is 1810 g/mol. The Morgan fingerprint density at radius 1 is 0.492 bits per heavy atom. The van der Waals surface area contributed by atoms with Gasteiger partial charge in [0.15, 0.2) is 34.8 Å². The number of H-pyrrole nitrogens is 1. The quantitative estimate of drug-likeness (QED) is 0.0159. The topological polar surface area (TPSA) is 337 Å². The highest BCUT2D eigenvalue weighted by Gasteiger charge is 2.29. The number of rotatable bonds is 25. The Kier molecular flexibility index (Phi) is 30.6. The summed E-state index contributed by atoms with van der Waals surface area (Å²) in [6.07, 6.45) is 25.1. The predicted molar refractivity (Wildman–Crippen MR) is 461 cm³/mol. The van der Waals surface area contributed by atoms with E-state index >= 15 is 0 Å². The number of aromatic nitrogens is 14. The van der Waals surface area contributed by atoms with Crippen LogP contribution in [0.2, 0.25) is 40.2 Å². The van der Waals surface area contributed by atoms with Gasteiger partial charge in [0, 0.05) is 125 Å². The standard InChI is InChI=1S/C26H32Cl2FN5O2.C21H22Cl2FN5O.C20H21Cl2FN6O.C15H12Cl2FN5O/c1-17(23-20(27)6-7-21(29)24(23)28)36-22-12-18(13-31-25(22)30)19-14-32-34(15-19)26(2,3)16-35-11-10-33-8-4-5-9-33;1-12(19-16(22)4-5-17(24)20(19)23)30-18-7-13(8-27-21(18)25)14-9-28-29(10-14)11-15-3-2-6-26-15;1-11(17-14(21)2-3-15(23)18(17)22)30-20-19(24)26-9-16(28-20)12-8-27-29(10-12)13-4-6-25-7-5-13;1-7(12-9(16)2-3-10(18)13(12)17)24-15-14(19)20-6-11(23-15)8-4-21-22-5-8/h6-7,12-15,17H,4-5,8-11,16H2,1-3H3,(H2,30,31);4-5,7-10,12,15,26H,2-3,6,11H2,1H3,(H2,25,27);2-3,8-11,13,25H,4-7H2,1H3,(H2,24,26);2-7H,1H3,(H2,19,20)(H,21,22)/t;12?,15-;;/m.0../s1. The van der Waals surface area contributed by atoms with Crippen molar-refractivity contribution in [3.8, 4) is 68.0 Å². The number of piperidine rings is 1. The first kappa shape index (κ1) is 89.7. The number of aromatic amines is 1. The van der Waals surface area contributed by atoms with Crippen LogP contribution in [0.25, 0.3) is 44.8 Å². The van der Waals surface area contributed by atoms with E-state index in [1.807, 2.05) is 32.6 Å². The van der Waals surface area contributed by atoms with Gasteiger partial charge in [0.25, 0.3) is 11.8 Å². The molecule has 0 aliphatic carbocycles. The minimum atomic E-state index is -0.690. The maximum Gasteiger partial charge on any atom is 0.258 e. The molecular weight excluding hydrogens is 1720 g/mol. The number of ether oxygens (including phenoxy) is 5. The zero-order chi connectivity index (χ0) is 85.6. The summed E-state index contributed by atoms with van der Waals surface area (Å²) in [6.45, 7) is 19.3. The number of hydrogen-bond acceptors (Lipinski definition) is 22. The molecule has 12 aromatic rings. The number of nitrogens with two attached hydrogens (primary N) is 4. The fourth-order valence-electron chi connectivity index (χ4n) is 13.5. The van der Waals surface area contributed by atoms with Gasteiger partial charge in [-0.25, -0.2) is 47.5 Å². The Morgan fingerprint density at radius 2 is 0.950 bits per heavy atom. The van der Waals surface area contributed by atoms with Crippen LogP contribution in [0.1, 0.15) is 133 Å². The molecule has 3 aliphatic rings. The highest BCUT2D eigenvalue weighted by atomic mass is 35.5. The van der Waals surface area contributed by atoms with Crippen molar-refractivity contribution in [2.24, 2.45) is 0 Å². The molecule has 4 unspecified atom stereocenters. The lowest BCUT2D eigenvalue weighted by Crippen LogP contribution is -2.34. The van der Waals surface area contributed by atoms with Crippen molar-refractivity contribution >= 4 is 116 Å². The number of halogens is 12. The van der Waals surface area contributed by atoms with E-state index in [9.17, 15) is 17.6 Å². The van der Waals surface area contributed by atoms with Crippen LogP contribution in [0.4, 0.5) is 40.8 Å². The lowest BCUT2D eigenvalue weighted by atomic mass is 10.1. The minimum Gasteiger partial charge on any atom is -0.482 e. The molecule has 5 atom stereocenters. The van der Waals surface area contributed by atoms with Gasteiger partial charge in [0.2, 0.25) is 0 Å². The summed E-state index contributed by atoms with van der Waals surface area (Å²) in [4.78, 5) is 28.0. The number of hydrogen-bond donors (Lipinski definition) is 7. The van der Waals surface area contributed by atoms with Crippen molar-refractivity contribution in [1.29, 1.82) is 0 Å². The molecule has 11 heterocycles. The van der Waals surface area contributed by atoms with Gasteiger partial charge in [-0.05, 0) is 173 Å². The van der Waals surface area contributed by atoms with Crippen LogP contribution in [-0.2, 0) is 16.8 Å². The molecule has 0 saturated carbocycles. The third kappa shape index (κ3) is 22.4. The molecule has 634 valence electrons. The highest BCUT2D eigenvalue weighted by molar-refractivity contribution is 6.38. The van der Waals surface area contributed by atoms with Crippen molar-refractivity contribution in [2.75, 3.05) is 75.4 Å². The van der Waals surface area contributed by atoms with Crippen molar-refractivity contribution in [3.63, 3.8) is 0 Å². The second-order valence-electron chi connectivity index (χ2n) is 29.2. The van der Waals surface area contributed by atoms with E-state index in [0.29, 0.717) is 85.5 Å². The Morgan fingerprint density at radius 3 is 1.43 bits per heavy atom. The second kappa shape index (κ2) is 40.9. The van der Waals surface area contributed by atoms with E-state index in [1.54, 1.807) is 89.4 Å². The summed E-state index contributed by atoms with van der Waals surface area (Å²) in [5.74, 6) is -0.749. The Bertz CT molecular complexity index is 5500. The SMILES string of the molecule is CC(Oc1cc(-c2cnn(C(C)(C)COCCN3CCCC3)c2)cnc1N)c1c(Cl)ccc(F)c1Cl.CC(Oc1cc(-c2cnn(C[C@@H]3CCCN3)c2)cnc1N)c1c(Cl)ccc(F)c1Cl.CC(Oc1nc(-c2cn[nH]c2)cnc1N)c1c(Cl)ccc(F)c1Cl.CC(Oc1nc(-c2cnn(C3CCNCC3)c2)cnc1N)c1c(Cl)ccc(F)c1Cl. The summed E-state index contributed by atoms with van der Waals surface area (Å²) >= 11 is 49.1. The number of likely N-dealkylation sites (tertiary alicyclic amines) is 1. The number of nitrogens with one attached hydrogen (secondary N) is 3. The van der Waals surface area contributed by atoms with E-state index in [-0.39, 0.29) is 65.7 Å². The Balaban J connectivity index is 0.000000148. The van der Waals surface area contributed by atoms with Crippen molar-refractivity contribution < 1.29 is 41.2 Å². The number of pyridine rings is 2. The number of anilines is 4. The molecule has 4 aromatic carbocycles. The first-order chi connectivity index (χ1) is 57.5. The van der Waals surface area contributed by atoms with Gasteiger partial charge in [0.1, 0.15) is 47.7 Å². The average Bonchev–Trinajstić information content (AvgIpc) is 1.31. The fraction of sp³-hybridized carbons (Fsp3) is 0.341. The monoisotopic (exact) mass is 1800 g/mol. The van der Waals surface area contributed by atoms with Gasteiger partial charge in [0.05, 0.1) is 100.0 Å². The first-order valence-corrected chi connectivity index (χ1v) is 41.3. The molecule has 0 spiro atoms. The van der Waals surface area contributed by atoms with Crippen molar-refractivity contribution in [3.05, 3.63) is 221 Å². The zero-order valence-corrected chi connectivity index (χ0v) is 72.0. The molecule has 0 amide bonds. The van der Waals surface area contributed by atoms with E-state index in [4.69, 9.17) is 139 Å². The molecule has 11 N–H and O–H groups in total. The first-order valence-electron chi connectivity index (χ1n) is 38.3. The molecular formula is C82H87Cl8F4N21O5. The van der Waals surface area contributed by atoms with Gasteiger partial charge in [-0.2, -0.15) is 20.4 Å². The molecule has 3 aliphatic heterocycles. The number of nitrogens with zero attached hydrogens (tertiary/aromatic N) is 14. The van der Waals surface area contributed by atoms with Crippen LogP contribution < -0.4 is 52.5 Å². The van der Waals surface area contributed by atoms with Crippen molar-refractivity contribution in [1.82, 2.24) is 85.0 Å². The van der Waals surface area contributed by atoms with Crippen LogP contribution in [0.3, 0.4) is 0 Å². The molecule has 3 fully saturated rings. The zero-order valence-electron chi connectivity index (χ0n) is 65.9. The van der Waals surface area contributed by atoms with Crippen LogP contribution in [-0.4, -0.2) is 133 Å². The Hall–Kier alpha value is -9.54. The molecule has 120 heavy (non-hydrogen) atoms. The summed E-state index contributed by atoms with van der Waals surface area (Å²) in [6, 6.07) is 14.9. The van der Waals surface area contributed by atoms with E-state index in [2.05, 4.69) is 84.8 Å². The summed E-state index contributed by atoms with van der Waals surface area (Å²) in [5, 5.41) is 27.7. The van der Waals surface area contributed by atoms with E-state index in [1.165, 1.54) is 74.0 Å². The number of nitrogen functional groups attached to an aromatic ring is 4. The molecule has 26 nitrogen and oxygen atoms in total. The highest BCUT2D eigenvalue weighted by Crippen LogP contribution is 2.42. The lowest BCUT2D eigenvalue weighted by molar-refractivity contribution is 0.0501. The third-order valence-electron chi connectivity index (χ3n) is 20.1. The van der Waals surface area contributed by atoms with Gasteiger partial charge in [-0.3, -0.25) is 19.1 Å². The molecule has 15 rings (SSSR count). The van der Waals surface area contributed by atoms with E-state index in [0.717, 1.165) is 98.5 Å². The van der Waals surface area contributed by atoms with Crippen molar-refractivity contribution in [2.45, 2.75) is 129 Å². The van der Waals surface area contributed by atoms with E-state index < -0.39 is 47.7 Å². The molecule has 0 bridgehead atoms. The lowest BCUT2D eigenvalue weighted by Gasteiger charge is -2.26. The van der Waals surface area contributed by atoms with Gasteiger partial charge in [-0.1, -0.05) is 92.8 Å². The third-order valence-corrected chi connectivity index (χ3v) is 22.9. The molecule has 0 radical (unpaired) electrons. The maximum atomic E-state index is 14.0. The minimum absolute atomic E-state index is 0.0699. The summed E-state index contributed by atoms with van der Waals surface area (Å²) in [5.41, 5.74) is 30.8. The molecule has 3 saturated heterocycles.